The molecule has 4 heteroatoms. The smallest absolute Gasteiger partial charge is 0.303 e. The van der Waals surface area contributed by atoms with E-state index in [9.17, 15) is 9.18 Å². The molecule has 1 atom stereocenters. The number of hydrogen-bond donors (Lipinski definition) is 2. The second-order valence-corrected chi connectivity index (χ2v) is 3.74. The number of rotatable bonds is 2. The maximum Gasteiger partial charge on any atom is 0.303 e. The van der Waals surface area contributed by atoms with Gasteiger partial charge in [0.2, 0.25) is 0 Å². The highest BCUT2D eigenvalue weighted by molar-refractivity contribution is 5.69. The van der Waals surface area contributed by atoms with E-state index in [-0.39, 0.29) is 18.2 Å². The SMILES string of the molecule is O=C(O)CC1CCNc2cc(F)ccc21. The van der Waals surface area contributed by atoms with Gasteiger partial charge in [-0.25, -0.2) is 4.39 Å². The molecule has 15 heavy (non-hydrogen) atoms. The summed E-state index contributed by atoms with van der Waals surface area (Å²) in [6.45, 7) is 0.703. The number of benzene rings is 1. The highest BCUT2D eigenvalue weighted by Gasteiger charge is 2.22. The van der Waals surface area contributed by atoms with E-state index < -0.39 is 5.97 Å². The lowest BCUT2D eigenvalue weighted by atomic mass is 9.88. The Balaban J connectivity index is 2.30. The number of carboxylic acid groups (broad SMARTS) is 1. The predicted octanol–water partition coefficient (Wildman–Crippen LogP) is 2.20. The van der Waals surface area contributed by atoms with Gasteiger partial charge in [-0.3, -0.25) is 4.79 Å². The van der Waals surface area contributed by atoms with Crippen molar-refractivity contribution >= 4 is 11.7 Å². The number of fused-ring (bicyclic) bond motifs is 1. The van der Waals surface area contributed by atoms with Crippen LogP contribution in [0.25, 0.3) is 0 Å². The van der Waals surface area contributed by atoms with Gasteiger partial charge in [0, 0.05) is 12.2 Å². The van der Waals surface area contributed by atoms with E-state index >= 15 is 0 Å². The number of carbonyl (C=O) groups is 1. The summed E-state index contributed by atoms with van der Waals surface area (Å²) in [6, 6.07) is 4.47. The quantitative estimate of drug-likeness (QED) is 0.785. The predicted molar refractivity (Wildman–Crippen MR) is 54.5 cm³/mol. The van der Waals surface area contributed by atoms with Crippen LogP contribution in [-0.4, -0.2) is 17.6 Å². The van der Waals surface area contributed by atoms with Crippen LogP contribution in [0.2, 0.25) is 0 Å². The van der Waals surface area contributed by atoms with Gasteiger partial charge in [-0.15, -0.1) is 0 Å². The highest BCUT2D eigenvalue weighted by Crippen LogP contribution is 2.34. The standard InChI is InChI=1S/C11H12FNO2/c12-8-1-2-9-7(5-11(14)15)3-4-13-10(9)6-8/h1-2,6-7,13H,3-5H2,(H,14,15). The Kier molecular flexibility index (Phi) is 2.58. The molecule has 0 aliphatic carbocycles. The summed E-state index contributed by atoms with van der Waals surface area (Å²) >= 11 is 0. The second-order valence-electron chi connectivity index (χ2n) is 3.74. The van der Waals surface area contributed by atoms with Crippen molar-refractivity contribution in [2.24, 2.45) is 0 Å². The summed E-state index contributed by atoms with van der Waals surface area (Å²) in [5.74, 6) is -1.10. The van der Waals surface area contributed by atoms with E-state index in [1.165, 1.54) is 12.1 Å². The van der Waals surface area contributed by atoms with Crippen molar-refractivity contribution in [3.8, 4) is 0 Å². The zero-order valence-corrected chi connectivity index (χ0v) is 8.16. The first kappa shape index (κ1) is 9.96. The maximum atomic E-state index is 12.9. The fraction of sp³-hybridized carbons (Fsp3) is 0.364. The number of hydrogen-bond acceptors (Lipinski definition) is 2. The summed E-state index contributed by atoms with van der Waals surface area (Å²) < 4.78 is 12.9. The molecule has 1 aliphatic rings. The molecule has 1 aromatic rings. The molecule has 1 aliphatic heterocycles. The zero-order valence-electron chi connectivity index (χ0n) is 8.16. The van der Waals surface area contributed by atoms with Gasteiger partial charge in [-0.1, -0.05) is 6.07 Å². The molecule has 2 N–H and O–H groups in total. The molecule has 0 bridgehead atoms. The molecule has 0 fully saturated rings. The number of aliphatic carboxylic acids is 1. The van der Waals surface area contributed by atoms with Gasteiger partial charge in [-0.2, -0.15) is 0 Å². The third-order valence-electron chi connectivity index (χ3n) is 2.68. The Hall–Kier alpha value is -1.58. The van der Waals surface area contributed by atoms with Crippen LogP contribution >= 0.6 is 0 Å². The number of halogens is 1. The summed E-state index contributed by atoms with van der Waals surface area (Å²) in [6.07, 6.45) is 0.894. The molecule has 0 spiro atoms. The fourth-order valence-corrected chi connectivity index (χ4v) is 2.00. The highest BCUT2D eigenvalue weighted by atomic mass is 19.1. The lowest BCUT2D eigenvalue weighted by Gasteiger charge is -2.25. The molecule has 0 saturated carbocycles. The fourth-order valence-electron chi connectivity index (χ4n) is 2.00. The minimum absolute atomic E-state index is 0.000602. The van der Waals surface area contributed by atoms with Gasteiger partial charge in [0.1, 0.15) is 5.82 Å². The Morgan fingerprint density at radius 2 is 2.40 bits per heavy atom. The van der Waals surface area contributed by atoms with Crippen LogP contribution in [0, 0.1) is 5.82 Å². The first-order valence-corrected chi connectivity index (χ1v) is 4.92. The molecule has 80 valence electrons. The van der Waals surface area contributed by atoms with Crippen molar-refractivity contribution in [2.45, 2.75) is 18.8 Å². The van der Waals surface area contributed by atoms with E-state index in [1.54, 1.807) is 6.07 Å². The third-order valence-corrected chi connectivity index (χ3v) is 2.68. The number of nitrogens with one attached hydrogen (secondary N) is 1. The molecule has 2 rings (SSSR count). The van der Waals surface area contributed by atoms with Gasteiger partial charge in [0.15, 0.2) is 0 Å². The molecule has 0 amide bonds. The Morgan fingerprint density at radius 3 is 3.13 bits per heavy atom. The van der Waals surface area contributed by atoms with Gasteiger partial charge in [-0.05, 0) is 30.0 Å². The average molecular weight is 209 g/mol. The molecule has 1 aromatic carbocycles. The zero-order chi connectivity index (χ0) is 10.8. The van der Waals surface area contributed by atoms with Gasteiger partial charge < -0.3 is 10.4 Å². The van der Waals surface area contributed by atoms with Gasteiger partial charge in [0.25, 0.3) is 0 Å². The van der Waals surface area contributed by atoms with Crippen LogP contribution in [-0.2, 0) is 4.79 Å². The van der Waals surface area contributed by atoms with Crippen molar-refractivity contribution in [2.75, 3.05) is 11.9 Å². The third kappa shape index (κ3) is 2.09. The van der Waals surface area contributed by atoms with E-state index in [4.69, 9.17) is 5.11 Å². The largest absolute Gasteiger partial charge is 0.481 e. The molecule has 1 heterocycles. The lowest BCUT2D eigenvalue weighted by molar-refractivity contribution is -0.137. The van der Waals surface area contributed by atoms with Crippen LogP contribution in [0.5, 0.6) is 0 Å². The molecule has 3 nitrogen and oxygen atoms in total. The molecular weight excluding hydrogens is 197 g/mol. The van der Waals surface area contributed by atoms with Crippen LogP contribution < -0.4 is 5.32 Å². The summed E-state index contributed by atoms with van der Waals surface area (Å²) in [5.41, 5.74) is 1.64. The minimum atomic E-state index is -0.808. The van der Waals surface area contributed by atoms with Crippen molar-refractivity contribution in [3.63, 3.8) is 0 Å². The summed E-state index contributed by atoms with van der Waals surface area (Å²) in [4.78, 5) is 10.6. The second kappa shape index (κ2) is 3.88. The van der Waals surface area contributed by atoms with Crippen molar-refractivity contribution < 1.29 is 14.3 Å². The average Bonchev–Trinajstić information content (AvgIpc) is 2.16. The maximum absolute atomic E-state index is 12.9. The van der Waals surface area contributed by atoms with E-state index in [2.05, 4.69) is 5.32 Å². The Morgan fingerprint density at radius 1 is 1.60 bits per heavy atom. The van der Waals surface area contributed by atoms with Crippen molar-refractivity contribution in [1.82, 2.24) is 0 Å². The van der Waals surface area contributed by atoms with Crippen LogP contribution in [0.15, 0.2) is 18.2 Å². The van der Waals surface area contributed by atoms with Crippen molar-refractivity contribution in [1.29, 1.82) is 0 Å². The Labute approximate surface area is 86.9 Å². The number of carboxylic acids is 1. The minimum Gasteiger partial charge on any atom is -0.481 e. The first-order chi connectivity index (χ1) is 7.16. The first-order valence-electron chi connectivity index (χ1n) is 4.92. The summed E-state index contributed by atoms with van der Waals surface area (Å²) in [5, 5.41) is 11.8. The molecule has 0 saturated heterocycles. The van der Waals surface area contributed by atoms with Crippen LogP contribution in [0.3, 0.4) is 0 Å². The van der Waals surface area contributed by atoms with E-state index in [0.29, 0.717) is 6.54 Å². The Bertz CT molecular complexity index is 392. The van der Waals surface area contributed by atoms with Crippen LogP contribution in [0.4, 0.5) is 10.1 Å². The summed E-state index contributed by atoms with van der Waals surface area (Å²) in [7, 11) is 0. The molecular formula is C11H12FNO2. The lowest BCUT2D eigenvalue weighted by Crippen LogP contribution is -2.19. The molecule has 0 aromatic heterocycles. The van der Waals surface area contributed by atoms with Crippen LogP contribution in [0.1, 0.15) is 24.3 Å². The van der Waals surface area contributed by atoms with Gasteiger partial charge in [0.05, 0.1) is 6.42 Å². The molecule has 1 unspecified atom stereocenters. The number of anilines is 1. The normalized spacial score (nSPS) is 19.1. The van der Waals surface area contributed by atoms with Crippen molar-refractivity contribution in [3.05, 3.63) is 29.6 Å². The molecule has 0 radical (unpaired) electrons. The monoisotopic (exact) mass is 209 g/mol. The topological polar surface area (TPSA) is 49.3 Å². The van der Waals surface area contributed by atoms with E-state index in [1.807, 2.05) is 0 Å². The van der Waals surface area contributed by atoms with E-state index in [0.717, 1.165) is 17.7 Å². The van der Waals surface area contributed by atoms with Gasteiger partial charge >= 0.3 is 5.97 Å².